The van der Waals surface area contributed by atoms with E-state index in [4.69, 9.17) is 14.2 Å². The van der Waals surface area contributed by atoms with Crippen molar-refractivity contribution in [1.82, 2.24) is 15.1 Å². The van der Waals surface area contributed by atoms with E-state index >= 15 is 0 Å². The Morgan fingerprint density at radius 3 is 2.50 bits per heavy atom. The van der Waals surface area contributed by atoms with Gasteiger partial charge in [-0.1, -0.05) is 0 Å². The first-order chi connectivity index (χ1) is 11.3. The second-order valence-corrected chi connectivity index (χ2v) is 6.51. The maximum atomic E-state index is 5.67. The van der Waals surface area contributed by atoms with Crippen LogP contribution in [0.15, 0.2) is 4.99 Å². The molecule has 0 aliphatic carbocycles. The summed E-state index contributed by atoms with van der Waals surface area (Å²) in [6.45, 7) is 10.1. The van der Waals surface area contributed by atoms with Crippen LogP contribution in [0.25, 0.3) is 0 Å². The van der Waals surface area contributed by atoms with Crippen molar-refractivity contribution >= 4 is 29.9 Å². The Kier molecular flexibility index (Phi) is 9.02. The van der Waals surface area contributed by atoms with E-state index in [1.165, 1.54) is 13.0 Å². The van der Waals surface area contributed by atoms with Crippen molar-refractivity contribution in [3.63, 3.8) is 0 Å². The number of hydrogen-bond donors (Lipinski definition) is 1. The van der Waals surface area contributed by atoms with E-state index in [1.54, 1.807) is 0 Å². The van der Waals surface area contributed by atoms with Gasteiger partial charge >= 0.3 is 0 Å². The number of hydrogen-bond acceptors (Lipinski definition) is 5. The molecule has 1 N–H and O–H groups in total. The van der Waals surface area contributed by atoms with Gasteiger partial charge in [-0.05, 0) is 12.3 Å². The Balaban J connectivity index is 0.00000208. The molecule has 3 aliphatic heterocycles. The van der Waals surface area contributed by atoms with Gasteiger partial charge in [0.15, 0.2) is 5.96 Å². The molecule has 3 heterocycles. The van der Waals surface area contributed by atoms with E-state index in [2.05, 4.69) is 20.1 Å². The van der Waals surface area contributed by atoms with E-state index in [0.29, 0.717) is 19.8 Å². The van der Waals surface area contributed by atoms with Crippen molar-refractivity contribution in [3.8, 4) is 0 Å². The van der Waals surface area contributed by atoms with Crippen molar-refractivity contribution in [2.45, 2.75) is 12.5 Å². The number of piperazine rings is 1. The molecule has 140 valence electrons. The molecule has 2 atom stereocenters. The van der Waals surface area contributed by atoms with Gasteiger partial charge in [-0.2, -0.15) is 0 Å². The van der Waals surface area contributed by atoms with Gasteiger partial charge in [-0.15, -0.1) is 24.0 Å². The van der Waals surface area contributed by atoms with Crippen LogP contribution in [0.5, 0.6) is 0 Å². The third kappa shape index (κ3) is 5.98. The van der Waals surface area contributed by atoms with Gasteiger partial charge in [0.25, 0.3) is 0 Å². The molecule has 0 amide bonds. The second-order valence-electron chi connectivity index (χ2n) is 6.51. The van der Waals surface area contributed by atoms with E-state index in [-0.39, 0.29) is 30.1 Å². The van der Waals surface area contributed by atoms with Gasteiger partial charge in [-0.25, -0.2) is 0 Å². The summed E-state index contributed by atoms with van der Waals surface area (Å²) in [6, 6.07) is 0. The lowest BCUT2D eigenvalue weighted by Crippen LogP contribution is -2.54. The smallest absolute Gasteiger partial charge is 0.193 e. The quantitative estimate of drug-likeness (QED) is 0.374. The van der Waals surface area contributed by atoms with E-state index in [9.17, 15) is 0 Å². The molecule has 24 heavy (non-hydrogen) atoms. The number of nitrogens with zero attached hydrogens (tertiary/aromatic N) is 3. The number of halogens is 1. The van der Waals surface area contributed by atoms with Crippen molar-refractivity contribution in [3.05, 3.63) is 0 Å². The standard InChI is InChI=1S/C16H30N4O3.HI/c1-17-16(18-10-15-13-22-8-9-23-15)20-5-3-19(4-6-20)11-14-2-7-21-12-14;/h14-15H,2-13H2,1H3,(H,17,18);1H. The van der Waals surface area contributed by atoms with E-state index < -0.39 is 0 Å². The molecular weight excluding hydrogens is 423 g/mol. The highest BCUT2D eigenvalue weighted by Crippen LogP contribution is 2.15. The van der Waals surface area contributed by atoms with Crippen molar-refractivity contribution in [2.75, 3.05) is 79.4 Å². The van der Waals surface area contributed by atoms with Crippen LogP contribution in [0.2, 0.25) is 0 Å². The Labute approximate surface area is 162 Å². The summed E-state index contributed by atoms with van der Waals surface area (Å²) in [4.78, 5) is 9.32. The number of aliphatic imine (C=N–C) groups is 1. The first-order valence-electron chi connectivity index (χ1n) is 8.80. The molecule has 0 aromatic carbocycles. The van der Waals surface area contributed by atoms with Crippen LogP contribution in [0.3, 0.4) is 0 Å². The summed E-state index contributed by atoms with van der Waals surface area (Å²) < 4.78 is 16.6. The first-order valence-corrected chi connectivity index (χ1v) is 8.80. The molecule has 0 radical (unpaired) electrons. The predicted octanol–water partition coefficient (Wildman–Crippen LogP) is 0.249. The number of ether oxygens (including phenoxy) is 3. The number of guanidine groups is 1. The lowest BCUT2D eigenvalue weighted by molar-refractivity contribution is -0.0852. The molecule has 3 rings (SSSR count). The largest absolute Gasteiger partial charge is 0.381 e. The zero-order valence-corrected chi connectivity index (χ0v) is 16.9. The van der Waals surface area contributed by atoms with Gasteiger partial charge < -0.3 is 24.4 Å². The van der Waals surface area contributed by atoms with Crippen molar-refractivity contribution < 1.29 is 14.2 Å². The molecule has 0 saturated carbocycles. The summed E-state index contributed by atoms with van der Waals surface area (Å²) in [5.74, 6) is 1.70. The SMILES string of the molecule is CN=C(NCC1COCCO1)N1CCN(CC2CCOC2)CC1.I. The lowest BCUT2D eigenvalue weighted by atomic mass is 10.1. The average Bonchev–Trinajstić information content (AvgIpc) is 3.11. The van der Waals surface area contributed by atoms with Crippen LogP contribution in [-0.4, -0.2) is 101 Å². The van der Waals surface area contributed by atoms with Crippen LogP contribution in [0.4, 0.5) is 0 Å². The highest BCUT2D eigenvalue weighted by molar-refractivity contribution is 14.0. The van der Waals surface area contributed by atoms with Crippen molar-refractivity contribution in [1.29, 1.82) is 0 Å². The molecule has 2 unspecified atom stereocenters. The van der Waals surface area contributed by atoms with E-state index in [0.717, 1.165) is 57.8 Å². The molecule has 0 aromatic heterocycles. The Hall–Kier alpha value is -0.160. The third-order valence-electron chi connectivity index (χ3n) is 4.80. The topological polar surface area (TPSA) is 58.6 Å². The van der Waals surface area contributed by atoms with Crippen LogP contribution >= 0.6 is 24.0 Å². The summed E-state index contributed by atoms with van der Waals surface area (Å²) in [7, 11) is 1.85. The highest BCUT2D eigenvalue weighted by atomic mass is 127. The van der Waals surface area contributed by atoms with Crippen LogP contribution in [0.1, 0.15) is 6.42 Å². The van der Waals surface area contributed by atoms with Crippen molar-refractivity contribution in [2.24, 2.45) is 10.9 Å². The Bertz CT molecular complexity index is 380. The predicted molar refractivity (Wildman–Crippen MR) is 104 cm³/mol. The molecular formula is C16H31IN4O3. The molecule has 3 saturated heterocycles. The fraction of sp³-hybridized carbons (Fsp3) is 0.938. The average molecular weight is 454 g/mol. The van der Waals surface area contributed by atoms with Crippen LogP contribution < -0.4 is 5.32 Å². The molecule has 0 bridgehead atoms. The zero-order valence-electron chi connectivity index (χ0n) is 14.6. The molecule has 3 fully saturated rings. The fourth-order valence-corrected chi connectivity index (χ4v) is 3.43. The van der Waals surface area contributed by atoms with Crippen LogP contribution in [0, 0.1) is 5.92 Å². The molecule has 0 spiro atoms. The zero-order chi connectivity index (χ0) is 15.9. The maximum absolute atomic E-state index is 5.67. The maximum Gasteiger partial charge on any atom is 0.193 e. The molecule has 0 aromatic rings. The van der Waals surface area contributed by atoms with Gasteiger partial charge in [0.2, 0.25) is 0 Å². The fourth-order valence-electron chi connectivity index (χ4n) is 3.43. The Morgan fingerprint density at radius 1 is 1.08 bits per heavy atom. The van der Waals surface area contributed by atoms with Gasteiger partial charge in [0, 0.05) is 52.9 Å². The summed E-state index contributed by atoms with van der Waals surface area (Å²) >= 11 is 0. The summed E-state index contributed by atoms with van der Waals surface area (Å²) in [5, 5.41) is 3.43. The molecule has 7 nitrogen and oxygen atoms in total. The normalized spacial score (nSPS) is 29.4. The van der Waals surface area contributed by atoms with Crippen LogP contribution in [-0.2, 0) is 14.2 Å². The minimum Gasteiger partial charge on any atom is -0.381 e. The van der Waals surface area contributed by atoms with Gasteiger partial charge in [0.1, 0.15) is 0 Å². The molecule has 8 heteroatoms. The van der Waals surface area contributed by atoms with Gasteiger partial charge in [0.05, 0.1) is 32.5 Å². The van der Waals surface area contributed by atoms with Gasteiger partial charge in [-0.3, -0.25) is 9.89 Å². The molecule has 3 aliphatic rings. The monoisotopic (exact) mass is 454 g/mol. The summed E-state index contributed by atoms with van der Waals surface area (Å²) in [6.07, 6.45) is 1.34. The summed E-state index contributed by atoms with van der Waals surface area (Å²) in [5.41, 5.74) is 0. The minimum absolute atomic E-state index is 0. The van der Waals surface area contributed by atoms with E-state index in [1.807, 2.05) is 7.05 Å². The first kappa shape index (κ1) is 20.2. The minimum atomic E-state index is 0. The highest BCUT2D eigenvalue weighted by Gasteiger charge is 2.24. The lowest BCUT2D eigenvalue weighted by Gasteiger charge is -2.37. The number of rotatable bonds is 4. The second kappa shape index (κ2) is 10.7. The number of nitrogens with one attached hydrogen (secondary N) is 1. The third-order valence-corrected chi connectivity index (χ3v) is 4.80. The Morgan fingerprint density at radius 2 is 1.88 bits per heavy atom.